The molecule has 0 aliphatic carbocycles. The van der Waals surface area contributed by atoms with Crippen LogP contribution in [0.4, 0.5) is 5.13 Å². The van der Waals surface area contributed by atoms with E-state index in [4.69, 9.17) is 16.6 Å². The van der Waals surface area contributed by atoms with Crippen LogP contribution in [0.15, 0.2) is 77.7 Å². The smallest absolute Gasteiger partial charge is 0.243 e. The molecule has 3 aromatic carbocycles. The van der Waals surface area contributed by atoms with Crippen LogP contribution < -0.4 is 4.90 Å². The van der Waals surface area contributed by atoms with Gasteiger partial charge in [-0.25, -0.2) is 13.4 Å². The zero-order chi connectivity index (χ0) is 25.3. The number of rotatable bonds is 6. The van der Waals surface area contributed by atoms with Gasteiger partial charge in [-0.2, -0.15) is 4.31 Å². The zero-order valence-electron chi connectivity index (χ0n) is 19.8. The molecular weight excluding hydrogens is 514 g/mol. The van der Waals surface area contributed by atoms with Crippen LogP contribution in [-0.4, -0.2) is 36.7 Å². The normalized spacial score (nSPS) is 16.8. The Bertz CT molecular complexity index is 1490. The van der Waals surface area contributed by atoms with Gasteiger partial charge in [-0.1, -0.05) is 71.5 Å². The molecule has 1 amide bonds. The Hall–Kier alpha value is -2.78. The van der Waals surface area contributed by atoms with E-state index in [2.05, 4.69) is 0 Å². The average Bonchev–Trinajstić information content (AvgIpc) is 3.35. The van der Waals surface area contributed by atoms with Crippen LogP contribution in [0, 0.1) is 12.8 Å². The summed E-state index contributed by atoms with van der Waals surface area (Å²) in [6.45, 7) is 2.83. The molecule has 6 nitrogen and oxygen atoms in total. The maximum absolute atomic E-state index is 14.0. The molecule has 36 heavy (non-hydrogen) atoms. The number of aromatic nitrogens is 1. The SMILES string of the molecule is Cc1c(Cl)ccc2sc(N(Cc3ccccc3)C(=O)C3CCCN(S(=O)(=O)c4ccccc4)C3)nc12. The van der Waals surface area contributed by atoms with Crippen LogP contribution in [0.1, 0.15) is 24.0 Å². The van der Waals surface area contributed by atoms with E-state index in [-0.39, 0.29) is 17.3 Å². The van der Waals surface area contributed by atoms with E-state index < -0.39 is 15.9 Å². The van der Waals surface area contributed by atoms with Crippen molar-refractivity contribution in [1.82, 2.24) is 9.29 Å². The predicted octanol–water partition coefficient (Wildman–Crippen LogP) is 5.89. The number of nitrogens with zero attached hydrogens (tertiary/aromatic N) is 3. The lowest BCUT2D eigenvalue weighted by Crippen LogP contribution is -2.46. The first-order valence-electron chi connectivity index (χ1n) is 11.8. The van der Waals surface area contributed by atoms with Crippen molar-refractivity contribution in [2.75, 3.05) is 18.0 Å². The Kier molecular flexibility index (Phi) is 7.12. The summed E-state index contributed by atoms with van der Waals surface area (Å²) in [5, 5.41) is 1.22. The molecule has 2 heterocycles. The van der Waals surface area contributed by atoms with Crippen LogP contribution in [0.5, 0.6) is 0 Å². The number of sulfonamides is 1. The minimum Gasteiger partial charge on any atom is -0.283 e. The van der Waals surface area contributed by atoms with Crippen molar-refractivity contribution >= 4 is 54.2 Å². The Labute approximate surface area is 220 Å². The van der Waals surface area contributed by atoms with Crippen LogP contribution in [0.3, 0.4) is 0 Å². The number of benzene rings is 3. The van der Waals surface area contributed by atoms with E-state index in [9.17, 15) is 13.2 Å². The molecular formula is C27H26ClN3O3S2. The lowest BCUT2D eigenvalue weighted by molar-refractivity contribution is -0.123. The first kappa shape index (κ1) is 24.9. The second kappa shape index (κ2) is 10.3. The largest absolute Gasteiger partial charge is 0.283 e. The number of halogens is 1. The number of amides is 1. The highest BCUT2D eigenvalue weighted by atomic mass is 35.5. The van der Waals surface area contributed by atoms with E-state index in [1.165, 1.54) is 15.6 Å². The Balaban J connectivity index is 1.47. The summed E-state index contributed by atoms with van der Waals surface area (Å²) in [5.41, 5.74) is 2.64. The van der Waals surface area contributed by atoms with Crippen molar-refractivity contribution in [2.24, 2.45) is 5.92 Å². The van der Waals surface area contributed by atoms with E-state index >= 15 is 0 Å². The molecule has 1 atom stereocenters. The zero-order valence-corrected chi connectivity index (χ0v) is 22.2. The van der Waals surface area contributed by atoms with Gasteiger partial charge in [0.1, 0.15) is 0 Å². The molecule has 1 aliphatic rings. The molecule has 9 heteroatoms. The third-order valence-electron chi connectivity index (χ3n) is 6.53. The van der Waals surface area contributed by atoms with Gasteiger partial charge in [0.2, 0.25) is 15.9 Å². The van der Waals surface area contributed by atoms with E-state index in [0.29, 0.717) is 36.1 Å². The maximum atomic E-state index is 14.0. The van der Waals surface area contributed by atoms with Gasteiger partial charge in [0, 0.05) is 18.1 Å². The summed E-state index contributed by atoms with van der Waals surface area (Å²) in [7, 11) is -3.67. The van der Waals surface area contributed by atoms with Gasteiger partial charge in [0.05, 0.1) is 27.6 Å². The van der Waals surface area contributed by atoms with Gasteiger partial charge in [-0.05, 0) is 55.2 Å². The maximum Gasteiger partial charge on any atom is 0.243 e. The molecule has 1 aliphatic heterocycles. The fraction of sp³-hybridized carbons (Fsp3) is 0.259. The molecule has 0 spiro atoms. The minimum absolute atomic E-state index is 0.116. The molecule has 0 N–H and O–H groups in total. The van der Waals surface area contributed by atoms with E-state index in [0.717, 1.165) is 21.3 Å². The molecule has 4 aromatic rings. The van der Waals surface area contributed by atoms with Gasteiger partial charge < -0.3 is 0 Å². The summed E-state index contributed by atoms with van der Waals surface area (Å²) >= 11 is 7.77. The molecule has 0 radical (unpaired) electrons. The third kappa shape index (κ3) is 4.91. The number of fused-ring (bicyclic) bond motifs is 1. The quantitative estimate of drug-likeness (QED) is 0.306. The Morgan fingerprint density at radius 2 is 1.78 bits per heavy atom. The van der Waals surface area contributed by atoms with Crippen molar-refractivity contribution < 1.29 is 13.2 Å². The fourth-order valence-corrected chi connectivity index (χ4v) is 7.26. The minimum atomic E-state index is -3.67. The van der Waals surface area contributed by atoms with Crippen molar-refractivity contribution in [3.63, 3.8) is 0 Å². The lowest BCUT2D eigenvalue weighted by Gasteiger charge is -2.33. The predicted molar refractivity (Wildman–Crippen MR) is 145 cm³/mol. The Morgan fingerprint density at radius 1 is 1.08 bits per heavy atom. The van der Waals surface area contributed by atoms with Gasteiger partial charge >= 0.3 is 0 Å². The van der Waals surface area contributed by atoms with E-state index in [1.54, 1.807) is 35.2 Å². The van der Waals surface area contributed by atoms with Gasteiger partial charge in [-0.3, -0.25) is 9.69 Å². The number of piperidine rings is 1. The van der Waals surface area contributed by atoms with Crippen LogP contribution >= 0.6 is 22.9 Å². The molecule has 0 bridgehead atoms. The van der Waals surface area contributed by atoms with Crippen LogP contribution in [0.2, 0.25) is 5.02 Å². The second-order valence-electron chi connectivity index (χ2n) is 8.94. The number of thiazole rings is 1. The monoisotopic (exact) mass is 539 g/mol. The fourth-order valence-electron chi connectivity index (χ4n) is 4.53. The molecule has 0 saturated carbocycles. The number of hydrogen-bond donors (Lipinski definition) is 0. The molecule has 1 fully saturated rings. The summed E-state index contributed by atoms with van der Waals surface area (Å²) < 4.78 is 28.9. The summed E-state index contributed by atoms with van der Waals surface area (Å²) in [6, 6.07) is 21.9. The van der Waals surface area contributed by atoms with Crippen LogP contribution in [0.25, 0.3) is 10.2 Å². The molecule has 1 unspecified atom stereocenters. The number of carbonyl (C=O) groups excluding carboxylic acids is 1. The number of anilines is 1. The highest BCUT2D eigenvalue weighted by Gasteiger charge is 2.36. The van der Waals surface area contributed by atoms with Gasteiger partial charge in [0.25, 0.3) is 0 Å². The molecule has 1 aromatic heterocycles. The van der Waals surface area contributed by atoms with Gasteiger partial charge in [0.15, 0.2) is 5.13 Å². The van der Waals surface area contributed by atoms with Crippen molar-refractivity contribution in [1.29, 1.82) is 0 Å². The summed E-state index contributed by atoms with van der Waals surface area (Å²) in [6.07, 6.45) is 1.25. The molecule has 186 valence electrons. The average molecular weight is 540 g/mol. The first-order chi connectivity index (χ1) is 17.3. The molecule has 5 rings (SSSR count). The second-order valence-corrected chi connectivity index (χ2v) is 12.3. The standard InChI is InChI=1S/C27H26ClN3O3S2/c1-19-23(28)14-15-24-25(19)29-27(35-24)31(17-20-9-4-2-5-10-20)26(32)21-11-8-16-30(18-21)36(33,34)22-12-6-3-7-13-22/h2-7,9-10,12-15,21H,8,11,16-18H2,1H3. The highest BCUT2D eigenvalue weighted by Crippen LogP contribution is 2.35. The summed E-state index contributed by atoms with van der Waals surface area (Å²) in [5.74, 6) is -0.577. The third-order valence-corrected chi connectivity index (χ3v) is 9.86. The lowest BCUT2D eigenvalue weighted by atomic mass is 9.98. The van der Waals surface area contributed by atoms with Crippen molar-refractivity contribution in [3.8, 4) is 0 Å². The Morgan fingerprint density at radius 3 is 2.50 bits per heavy atom. The number of aryl methyl sites for hydroxylation is 1. The highest BCUT2D eigenvalue weighted by molar-refractivity contribution is 7.89. The number of carbonyl (C=O) groups is 1. The van der Waals surface area contributed by atoms with Crippen LogP contribution in [-0.2, 0) is 21.4 Å². The van der Waals surface area contributed by atoms with Gasteiger partial charge in [-0.15, -0.1) is 0 Å². The van der Waals surface area contributed by atoms with E-state index in [1.807, 2.05) is 49.4 Å². The topological polar surface area (TPSA) is 70.6 Å². The molecule has 1 saturated heterocycles. The van der Waals surface area contributed by atoms with Crippen molar-refractivity contribution in [3.05, 3.63) is 88.9 Å². The first-order valence-corrected chi connectivity index (χ1v) is 14.4. The van der Waals surface area contributed by atoms with Crippen molar-refractivity contribution in [2.45, 2.75) is 31.2 Å². The number of hydrogen-bond acceptors (Lipinski definition) is 5. The summed E-state index contributed by atoms with van der Waals surface area (Å²) in [4.78, 5) is 20.7.